The van der Waals surface area contributed by atoms with Gasteiger partial charge in [0.1, 0.15) is 4.90 Å². The molecule has 0 fully saturated rings. The zero-order valence-corrected chi connectivity index (χ0v) is 11.7. The van der Waals surface area contributed by atoms with Gasteiger partial charge in [0.05, 0.1) is 11.4 Å². The normalized spacial score (nSPS) is 16.2. The Hall–Kier alpha value is -1.54. The highest BCUT2D eigenvalue weighted by molar-refractivity contribution is 8.15. The number of carboxylic acids is 1. The number of rotatable bonds is 3. The highest BCUT2D eigenvalue weighted by atomic mass is 32.2. The average Bonchev–Trinajstić information content (AvgIpc) is 2.35. The predicted octanol–water partition coefficient (Wildman–Crippen LogP) is 1.54. The molecule has 8 heteroatoms. The molecule has 1 heterocycles. The highest BCUT2D eigenvalue weighted by Gasteiger charge is 2.25. The van der Waals surface area contributed by atoms with E-state index >= 15 is 0 Å². The van der Waals surface area contributed by atoms with Crippen LogP contribution in [0.5, 0.6) is 0 Å². The number of aryl methyl sites for hydroxylation is 1. The van der Waals surface area contributed by atoms with Gasteiger partial charge in [-0.2, -0.15) is 8.42 Å². The van der Waals surface area contributed by atoms with E-state index in [1.807, 2.05) is 13.0 Å². The second kappa shape index (κ2) is 5.22. The van der Waals surface area contributed by atoms with Crippen LogP contribution in [-0.2, 0) is 21.2 Å². The lowest BCUT2D eigenvalue weighted by Crippen LogP contribution is -2.20. The van der Waals surface area contributed by atoms with Crippen LogP contribution in [0.2, 0.25) is 0 Å². The summed E-state index contributed by atoms with van der Waals surface area (Å²) in [4.78, 5) is 10.6. The lowest BCUT2D eigenvalue weighted by molar-refractivity contribution is -0.133. The first-order valence-electron chi connectivity index (χ1n) is 5.52. The van der Waals surface area contributed by atoms with E-state index in [2.05, 4.69) is 9.71 Å². The van der Waals surface area contributed by atoms with Crippen LogP contribution in [0.1, 0.15) is 12.5 Å². The molecule has 0 aromatic heterocycles. The van der Waals surface area contributed by atoms with Gasteiger partial charge in [-0.15, -0.1) is 4.40 Å². The number of aliphatic carboxylic acids is 1. The number of nitrogens with one attached hydrogen (secondary N) is 1. The Bertz CT molecular complexity index is 653. The van der Waals surface area contributed by atoms with Crippen molar-refractivity contribution in [2.75, 3.05) is 11.1 Å². The number of nitrogens with zero attached hydrogens (tertiary/aromatic N) is 1. The summed E-state index contributed by atoms with van der Waals surface area (Å²) < 4.78 is 27.6. The van der Waals surface area contributed by atoms with Gasteiger partial charge in [-0.1, -0.05) is 24.8 Å². The maximum Gasteiger partial charge on any atom is 0.313 e. The Kier molecular flexibility index (Phi) is 3.81. The number of fused-ring (bicyclic) bond motifs is 1. The topological polar surface area (TPSA) is 95.8 Å². The van der Waals surface area contributed by atoms with Crippen LogP contribution in [0, 0.1) is 0 Å². The lowest BCUT2D eigenvalue weighted by Gasteiger charge is -2.17. The molecule has 0 saturated heterocycles. The maximum absolute atomic E-state index is 12.0. The predicted molar refractivity (Wildman–Crippen MR) is 74.2 cm³/mol. The molecular formula is C11H12N2O4S2. The molecule has 0 spiro atoms. The van der Waals surface area contributed by atoms with E-state index in [0.717, 1.165) is 23.7 Å². The highest BCUT2D eigenvalue weighted by Crippen LogP contribution is 2.30. The van der Waals surface area contributed by atoms with Gasteiger partial charge in [0.15, 0.2) is 5.17 Å². The van der Waals surface area contributed by atoms with Crippen LogP contribution < -0.4 is 5.32 Å². The quantitative estimate of drug-likeness (QED) is 0.879. The number of thioether (sulfide) groups is 1. The van der Waals surface area contributed by atoms with Crippen molar-refractivity contribution in [2.45, 2.75) is 18.2 Å². The van der Waals surface area contributed by atoms with E-state index in [9.17, 15) is 13.2 Å². The summed E-state index contributed by atoms with van der Waals surface area (Å²) >= 11 is 0.841. The molecule has 2 N–H and O–H groups in total. The van der Waals surface area contributed by atoms with E-state index < -0.39 is 16.0 Å². The summed E-state index contributed by atoms with van der Waals surface area (Å²) in [6.45, 7) is 1.93. The van der Waals surface area contributed by atoms with Gasteiger partial charge >= 0.3 is 5.97 Å². The molecule has 1 aromatic carbocycles. The SMILES string of the molecule is CCc1ccc2c(c1)S(=O)(=O)N=C(SCC(=O)O)N2. The van der Waals surface area contributed by atoms with E-state index in [4.69, 9.17) is 5.11 Å². The third kappa shape index (κ3) is 3.07. The van der Waals surface area contributed by atoms with E-state index in [1.165, 1.54) is 0 Å². The Morgan fingerprint density at radius 1 is 1.47 bits per heavy atom. The van der Waals surface area contributed by atoms with Crippen LogP contribution >= 0.6 is 11.8 Å². The maximum atomic E-state index is 12.0. The number of benzene rings is 1. The number of hydrogen-bond donors (Lipinski definition) is 2. The number of carboxylic acid groups (broad SMARTS) is 1. The number of hydrogen-bond acceptors (Lipinski definition) is 5. The van der Waals surface area contributed by atoms with Gasteiger partial charge in [0.25, 0.3) is 10.0 Å². The Morgan fingerprint density at radius 3 is 2.84 bits per heavy atom. The molecule has 0 unspecified atom stereocenters. The zero-order valence-electron chi connectivity index (χ0n) is 10.1. The number of carbonyl (C=O) groups is 1. The molecule has 1 aliphatic heterocycles. The first-order valence-corrected chi connectivity index (χ1v) is 7.94. The zero-order chi connectivity index (χ0) is 14.0. The minimum absolute atomic E-state index is 0.0825. The van der Waals surface area contributed by atoms with Crippen LogP contribution in [0.3, 0.4) is 0 Å². The molecule has 1 aromatic rings. The standard InChI is InChI=1S/C11H12N2O4S2/c1-2-7-3-4-8-9(5-7)19(16,17)13-11(12-8)18-6-10(14)15/h3-5H,2,6H2,1H3,(H,12,13)(H,14,15). The molecule has 6 nitrogen and oxygen atoms in total. The summed E-state index contributed by atoms with van der Waals surface area (Å²) in [6, 6.07) is 5.08. The largest absolute Gasteiger partial charge is 0.481 e. The Morgan fingerprint density at radius 2 is 2.21 bits per heavy atom. The fourth-order valence-electron chi connectivity index (χ4n) is 1.59. The Balaban J connectivity index is 2.35. The second-order valence-electron chi connectivity index (χ2n) is 3.86. The van der Waals surface area contributed by atoms with Gasteiger partial charge in [0.2, 0.25) is 0 Å². The van der Waals surface area contributed by atoms with Crippen molar-refractivity contribution in [2.24, 2.45) is 4.40 Å². The molecule has 2 rings (SSSR count). The minimum atomic E-state index is -3.76. The molecule has 0 radical (unpaired) electrons. The molecule has 102 valence electrons. The van der Waals surface area contributed by atoms with Crippen LogP contribution in [0.15, 0.2) is 27.5 Å². The van der Waals surface area contributed by atoms with Crippen molar-refractivity contribution in [1.82, 2.24) is 0 Å². The van der Waals surface area contributed by atoms with Crippen molar-refractivity contribution in [3.8, 4) is 0 Å². The van der Waals surface area contributed by atoms with Crippen molar-refractivity contribution in [3.05, 3.63) is 23.8 Å². The van der Waals surface area contributed by atoms with Crippen molar-refractivity contribution in [3.63, 3.8) is 0 Å². The average molecular weight is 300 g/mol. The fourth-order valence-corrected chi connectivity index (χ4v) is 3.60. The first-order chi connectivity index (χ1) is 8.92. The number of amidine groups is 1. The number of anilines is 1. The third-order valence-electron chi connectivity index (χ3n) is 2.51. The van der Waals surface area contributed by atoms with Crippen LogP contribution in [0.4, 0.5) is 5.69 Å². The second-order valence-corrected chi connectivity index (χ2v) is 6.40. The third-order valence-corrected chi connectivity index (χ3v) is 4.80. The van der Waals surface area contributed by atoms with Gasteiger partial charge in [-0.3, -0.25) is 4.79 Å². The monoisotopic (exact) mass is 300 g/mol. The molecule has 0 amide bonds. The van der Waals surface area contributed by atoms with E-state index in [1.54, 1.807) is 12.1 Å². The molecule has 0 saturated carbocycles. The number of sulfonamides is 1. The summed E-state index contributed by atoms with van der Waals surface area (Å²) in [5.41, 5.74) is 1.33. The smallest absolute Gasteiger partial charge is 0.313 e. The molecule has 0 aliphatic carbocycles. The summed E-state index contributed by atoms with van der Waals surface area (Å²) in [6.07, 6.45) is 0.729. The summed E-state index contributed by atoms with van der Waals surface area (Å²) in [5.74, 6) is -1.27. The van der Waals surface area contributed by atoms with Crippen molar-refractivity contribution >= 4 is 38.6 Å². The summed E-state index contributed by atoms with van der Waals surface area (Å²) in [5, 5.41) is 11.5. The molecular weight excluding hydrogens is 288 g/mol. The van der Waals surface area contributed by atoms with Gasteiger partial charge in [0, 0.05) is 0 Å². The summed E-state index contributed by atoms with van der Waals surface area (Å²) in [7, 11) is -3.76. The van der Waals surface area contributed by atoms with E-state index in [0.29, 0.717) is 5.69 Å². The Labute approximate surface area is 115 Å². The van der Waals surface area contributed by atoms with Crippen molar-refractivity contribution < 1.29 is 18.3 Å². The van der Waals surface area contributed by atoms with Gasteiger partial charge < -0.3 is 10.4 Å². The van der Waals surface area contributed by atoms with E-state index in [-0.39, 0.29) is 15.8 Å². The molecule has 0 atom stereocenters. The lowest BCUT2D eigenvalue weighted by atomic mass is 10.1. The van der Waals surface area contributed by atoms with Crippen LogP contribution in [-0.4, -0.2) is 30.4 Å². The molecule has 1 aliphatic rings. The molecule has 19 heavy (non-hydrogen) atoms. The first kappa shape index (κ1) is 13.9. The minimum Gasteiger partial charge on any atom is -0.481 e. The van der Waals surface area contributed by atoms with Gasteiger partial charge in [-0.05, 0) is 24.1 Å². The molecule has 0 bridgehead atoms. The van der Waals surface area contributed by atoms with Gasteiger partial charge in [-0.25, -0.2) is 0 Å². The van der Waals surface area contributed by atoms with Crippen LogP contribution in [0.25, 0.3) is 0 Å². The van der Waals surface area contributed by atoms with Crippen molar-refractivity contribution in [1.29, 1.82) is 0 Å². The fraction of sp³-hybridized carbons (Fsp3) is 0.273.